The van der Waals surface area contributed by atoms with Crippen molar-refractivity contribution in [1.29, 1.82) is 0 Å². The van der Waals surface area contributed by atoms with E-state index in [0.717, 1.165) is 16.7 Å². The third-order valence-electron chi connectivity index (χ3n) is 3.07. The molecule has 8 heteroatoms. The van der Waals surface area contributed by atoms with Gasteiger partial charge in [-0.15, -0.1) is 0 Å². The number of hydrogen-bond acceptors (Lipinski definition) is 5. The van der Waals surface area contributed by atoms with Crippen LogP contribution in [0.4, 0.5) is 4.39 Å². The summed E-state index contributed by atoms with van der Waals surface area (Å²) in [6, 6.07) is 3.01. The fourth-order valence-corrected chi connectivity index (χ4v) is 3.54. The number of carboxylic acid groups (broad SMARTS) is 1. The first-order chi connectivity index (χ1) is 10.4. The van der Waals surface area contributed by atoms with Crippen LogP contribution in [0.1, 0.15) is 18.9 Å². The van der Waals surface area contributed by atoms with Crippen molar-refractivity contribution in [3.8, 4) is 0 Å². The van der Waals surface area contributed by atoms with Gasteiger partial charge in [0.1, 0.15) is 10.1 Å². The van der Waals surface area contributed by atoms with E-state index in [1.54, 1.807) is 6.92 Å². The molecule has 0 bridgehead atoms. The maximum Gasteiger partial charge on any atom is 0.266 e. The van der Waals surface area contributed by atoms with E-state index in [1.807, 2.05) is 0 Å². The van der Waals surface area contributed by atoms with Crippen molar-refractivity contribution < 1.29 is 19.1 Å². The summed E-state index contributed by atoms with van der Waals surface area (Å²) in [5.41, 5.74) is 0.0613. The van der Waals surface area contributed by atoms with Crippen LogP contribution in [0.5, 0.6) is 0 Å². The van der Waals surface area contributed by atoms with Crippen LogP contribution in [0.3, 0.4) is 0 Å². The van der Waals surface area contributed by atoms with Gasteiger partial charge in [-0.2, -0.15) is 0 Å². The Labute approximate surface area is 140 Å². The predicted octanol–water partition coefficient (Wildman–Crippen LogP) is 2.21. The van der Waals surface area contributed by atoms with Crippen LogP contribution in [-0.4, -0.2) is 27.1 Å². The standard InChI is InChI=1S/C14H11ClFNO3S2/c1-2-10(13(19)20)17-12(18)11(22-14(17)21)6-7-8(15)4-3-5-9(7)16/h3-6,10H,2H2,1H3,(H,19,20)/p-1/b11-6-/t10-/m0/s1. The van der Waals surface area contributed by atoms with Gasteiger partial charge < -0.3 is 9.90 Å². The molecule has 1 amide bonds. The predicted molar refractivity (Wildman–Crippen MR) is 85.5 cm³/mol. The highest BCUT2D eigenvalue weighted by Gasteiger charge is 2.37. The second kappa shape index (κ2) is 6.76. The molecule has 1 fully saturated rings. The molecular weight excluding hydrogens is 349 g/mol. The first-order valence-corrected chi connectivity index (χ1v) is 7.89. The van der Waals surface area contributed by atoms with Crippen LogP contribution in [0, 0.1) is 5.82 Å². The van der Waals surface area contributed by atoms with Crippen molar-refractivity contribution in [2.24, 2.45) is 0 Å². The maximum atomic E-state index is 13.8. The molecule has 1 heterocycles. The Morgan fingerprint density at radius 3 is 2.82 bits per heavy atom. The number of rotatable bonds is 4. The minimum Gasteiger partial charge on any atom is -0.548 e. The van der Waals surface area contributed by atoms with Crippen molar-refractivity contribution >= 4 is 57.9 Å². The van der Waals surface area contributed by atoms with Gasteiger partial charge in [0.05, 0.1) is 21.9 Å². The van der Waals surface area contributed by atoms with Crippen molar-refractivity contribution in [3.05, 3.63) is 39.5 Å². The Morgan fingerprint density at radius 1 is 1.59 bits per heavy atom. The SMILES string of the molecule is CC[C@@H](C(=O)[O-])N1C(=O)/C(=C/c2c(F)cccc2Cl)SC1=S. The third-order valence-corrected chi connectivity index (χ3v) is 4.73. The Bertz CT molecular complexity index is 672. The topological polar surface area (TPSA) is 60.4 Å². The maximum absolute atomic E-state index is 13.8. The normalized spacial score (nSPS) is 18.1. The lowest BCUT2D eigenvalue weighted by Crippen LogP contribution is -2.49. The summed E-state index contributed by atoms with van der Waals surface area (Å²) in [7, 11) is 0. The number of carboxylic acids is 1. The molecule has 0 aliphatic carbocycles. The number of benzene rings is 1. The Kier molecular flexibility index (Phi) is 5.20. The molecule has 1 aliphatic rings. The number of amides is 1. The van der Waals surface area contributed by atoms with Crippen molar-refractivity contribution in [2.45, 2.75) is 19.4 Å². The van der Waals surface area contributed by atoms with E-state index >= 15 is 0 Å². The van der Waals surface area contributed by atoms with Crippen LogP contribution in [-0.2, 0) is 9.59 Å². The molecular formula is C14H10ClFNO3S2-. The molecule has 116 valence electrons. The summed E-state index contributed by atoms with van der Waals surface area (Å²) < 4.78 is 13.9. The summed E-state index contributed by atoms with van der Waals surface area (Å²) in [5, 5.41) is 11.3. The molecule has 0 saturated carbocycles. The molecule has 22 heavy (non-hydrogen) atoms. The van der Waals surface area contributed by atoms with Gasteiger partial charge in [0.15, 0.2) is 0 Å². The molecule has 1 atom stereocenters. The number of halogens is 2. The molecule has 0 radical (unpaired) electrons. The molecule has 0 N–H and O–H groups in total. The average Bonchev–Trinajstić information content (AvgIpc) is 2.71. The molecule has 1 aliphatic heterocycles. The Balaban J connectivity index is 2.40. The van der Waals surface area contributed by atoms with Crippen molar-refractivity contribution in [3.63, 3.8) is 0 Å². The highest BCUT2D eigenvalue weighted by atomic mass is 35.5. The molecule has 0 aromatic heterocycles. The van der Waals surface area contributed by atoms with E-state index in [-0.39, 0.29) is 26.2 Å². The number of hydrogen-bond donors (Lipinski definition) is 0. The van der Waals surface area contributed by atoms with Gasteiger partial charge in [0, 0.05) is 5.56 Å². The van der Waals surface area contributed by atoms with Gasteiger partial charge >= 0.3 is 0 Å². The van der Waals surface area contributed by atoms with Crippen molar-refractivity contribution in [1.82, 2.24) is 4.90 Å². The van der Waals surface area contributed by atoms with E-state index in [1.165, 1.54) is 24.3 Å². The van der Waals surface area contributed by atoms with Crippen molar-refractivity contribution in [2.75, 3.05) is 0 Å². The average molecular weight is 359 g/mol. The van der Waals surface area contributed by atoms with Crippen LogP contribution >= 0.6 is 35.6 Å². The molecule has 1 aromatic carbocycles. The molecule has 1 saturated heterocycles. The third kappa shape index (κ3) is 3.16. The summed E-state index contributed by atoms with van der Waals surface area (Å²) in [6.45, 7) is 1.61. The fourth-order valence-electron chi connectivity index (χ4n) is 1.98. The van der Waals surface area contributed by atoms with E-state index < -0.39 is 23.7 Å². The lowest BCUT2D eigenvalue weighted by molar-refractivity contribution is -0.310. The Hall–Kier alpha value is -1.44. The minimum atomic E-state index is -1.39. The molecule has 2 rings (SSSR count). The van der Waals surface area contributed by atoms with Gasteiger partial charge in [-0.05, 0) is 24.6 Å². The second-order valence-corrected chi connectivity index (χ2v) is 6.51. The number of thiocarbonyl (C=S) groups is 1. The van der Waals surface area contributed by atoms with E-state index in [2.05, 4.69) is 0 Å². The van der Waals surface area contributed by atoms with Crippen LogP contribution < -0.4 is 5.11 Å². The fraction of sp³-hybridized carbons (Fsp3) is 0.214. The Morgan fingerprint density at radius 2 is 2.27 bits per heavy atom. The summed E-state index contributed by atoms with van der Waals surface area (Å²) in [6.07, 6.45) is 1.43. The van der Waals surface area contributed by atoms with Gasteiger partial charge in [0.2, 0.25) is 0 Å². The molecule has 0 spiro atoms. The van der Waals surface area contributed by atoms with E-state index in [4.69, 9.17) is 23.8 Å². The first kappa shape index (κ1) is 16.9. The highest BCUT2D eigenvalue weighted by Crippen LogP contribution is 2.35. The van der Waals surface area contributed by atoms with E-state index in [9.17, 15) is 19.1 Å². The zero-order valence-corrected chi connectivity index (χ0v) is 13.7. The highest BCUT2D eigenvalue weighted by molar-refractivity contribution is 8.26. The van der Waals surface area contributed by atoms with Crippen LogP contribution in [0.2, 0.25) is 5.02 Å². The zero-order valence-electron chi connectivity index (χ0n) is 11.3. The van der Waals surface area contributed by atoms with Gasteiger partial charge in [-0.25, -0.2) is 4.39 Å². The summed E-state index contributed by atoms with van der Waals surface area (Å²) in [4.78, 5) is 24.6. The molecule has 1 aromatic rings. The van der Waals surface area contributed by atoms with Gasteiger partial charge in [-0.1, -0.05) is 48.6 Å². The minimum absolute atomic E-state index is 0.0613. The number of thioether (sulfide) groups is 1. The molecule has 4 nitrogen and oxygen atoms in total. The second-order valence-electron chi connectivity index (χ2n) is 4.43. The quantitative estimate of drug-likeness (QED) is 0.610. The first-order valence-electron chi connectivity index (χ1n) is 6.28. The van der Waals surface area contributed by atoms with Crippen LogP contribution in [0.25, 0.3) is 6.08 Å². The zero-order chi connectivity index (χ0) is 16.4. The number of nitrogens with zero attached hydrogens (tertiary/aromatic N) is 1. The molecule has 0 unspecified atom stereocenters. The van der Waals surface area contributed by atoms with Crippen LogP contribution in [0.15, 0.2) is 23.1 Å². The van der Waals surface area contributed by atoms with Gasteiger partial charge in [0.25, 0.3) is 5.91 Å². The number of carbonyl (C=O) groups excluding carboxylic acids is 2. The van der Waals surface area contributed by atoms with Gasteiger partial charge in [-0.3, -0.25) is 9.69 Å². The summed E-state index contributed by atoms with van der Waals surface area (Å²) >= 11 is 11.9. The number of carbonyl (C=O) groups is 2. The lowest BCUT2D eigenvalue weighted by atomic mass is 10.1. The smallest absolute Gasteiger partial charge is 0.266 e. The lowest BCUT2D eigenvalue weighted by Gasteiger charge is -2.26. The number of aliphatic carboxylic acids is 1. The largest absolute Gasteiger partial charge is 0.548 e. The van der Waals surface area contributed by atoms with E-state index in [0.29, 0.717) is 0 Å². The monoisotopic (exact) mass is 358 g/mol. The summed E-state index contributed by atoms with van der Waals surface area (Å²) in [5.74, 6) is -2.56.